The molecule has 0 saturated carbocycles. The molecule has 1 N–H and O–H groups in total. The van der Waals surface area contributed by atoms with Gasteiger partial charge in [0.15, 0.2) is 0 Å². The van der Waals surface area contributed by atoms with E-state index in [9.17, 15) is 18.0 Å². The normalized spacial score (nSPS) is 12.2. The number of carbonyl (C=O) groups excluding carboxylic acids is 2. The van der Waals surface area contributed by atoms with Crippen LogP contribution < -0.4 is 9.62 Å². The third-order valence-electron chi connectivity index (χ3n) is 6.19. The first-order valence-electron chi connectivity index (χ1n) is 12.7. The van der Waals surface area contributed by atoms with Crippen LogP contribution in [0.2, 0.25) is 15.1 Å². The van der Waals surface area contributed by atoms with Crippen LogP contribution in [0.5, 0.6) is 0 Å². The average Bonchev–Trinajstić information content (AvgIpc) is 2.91. The molecular formula is C29H32Cl3N3O4S. The summed E-state index contributed by atoms with van der Waals surface area (Å²) in [6.07, 6.45) is 0. The Kier molecular flexibility index (Phi) is 10.9. The number of hydrogen-bond acceptors (Lipinski definition) is 4. The largest absolute Gasteiger partial charge is 0.354 e. The second-order valence-corrected chi connectivity index (χ2v) is 13.0. The van der Waals surface area contributed by atoms with E-state index < -0.39 is 28.5 Å². The Labute approximate surface area is 251 Å². The molecule has 3 aromatic carbocycles. The van der Waals surface area contributed by atoms with Gasteiger partial charge in [0.05, 0.1) is 20.6 Å². The van der Waals surface area contributed by atoms with Crippen molar-refractivity contribution < 1.29 is 18.0 Å². The Morgan fingerprint density at radius 3 is 2.08 bits per heavy atom. The quantitative estimate of drug-likeness (QED) is 0.270. The standard InChI is InChI=1S/C29H32Cl3N3O4S/c1-19(2)16-33-29(37)21(4)34(17-22-7-14-26(31)27(32)15-22)28(36)18-35(24-10-8-23(30)9-11-24)40(38,39)25-12-5-20(3)6-13-25/h5-15,19,21H,16-18H2,1-4H3,(H,33,37)/t21-/m1/s1. The summed E-state index contributed by atoms with van der Waals surface area (Å²) in [6.45, 7) is 7.26. The van der Waals surface area contributed by atoms with Crippen LogP contribution >= 0.6 is 34.8 Å². The minimum Gasteiger partial charge on any atom is -0.354 e. The number of halogens is 3. The summed E-state index contributed by atoms with van der Waals surface area (Å²) in [5, 5.41) is 3.92. The molecule has 0 fully saturated rings. The molecular weight excluding hydrogens is 593 g/mol. The van der Waals surface area contributed by atoms with Crippen LogP contribution in [0, 0.1) is 12.8 Å². The van der Waals surface area contributed by atoms with E-state index in [0.29, 0.717) is 27.2 Å². The maximum atomic E-state index is 13.9. The molecule has 0 saturated heterocycles. The fourth-order valence-corrected chi connectivity index (χ4v) is 5.70. The van der Waals surface area contributed by atoms with Crippen molar-refractivity contribution in [3.8, 4) is 0 Å². The summed E-state index contributed by atoms with van der Waals surface area (Å²) < 4.78 is 28.7. The van der Waals surface area contributed by atoms with Crippen molar-refractivity contribution in [1.29, 1.82) is 0 Å². The van der Waals surface area contributed by atoms with Crippen molar-refractivity contribution in [2.45, 2.75) is 45.2 Å². The molecule has 0 heterocycles. The van der Waals surface area contributed by atoms with Gasteiger partial charge in [0.25, 0.3) is 10.0 Å². The van der Waals surface area contributed by atoms with Gasteiger partial charge in [0, 0.05) is 18.1 Å². The average molecular weight is 625 g/mol. The molecule has 2 amide bonds. The number of carbonyl (C=O) groups is 2. The highest BCUT2D eigenvalue weighted by atomic mass is 35.5. The van der Waals surface area contributed by atoms with Crippen molar-refractivity contribution in [3.63, 3.8) is 0 Å². The van der Waals surface area contributed by atoms with Crippen molar-refractivity contribution in [3.05, 3.63) is 92.9 Å². The molecule has 0 unspecified atom stereocenters. The molecule has 7 nitrogen and oxygen atoms in total. The number of nitrogens with one attached hydrogen (secondary N) is 1. The first-order valence-corrected chi connectivity index (χ1v) is 15.2. The molecule has 40 heavy (non-hydrogen) atoms. The summed E-state index contributed by atoms with van der Waals surface area (Å²) in [5.41, 5.74) is 1.78. The van der Waals surface area contributed by atoms with Crippen molar-refractivity contribution in [2.24, 2.45) is 5.92 Å². The Morgan fingerprint density at radius 1 is 0.875 bits per heavy atom. The van der Waals surface area contributed by atoms with E-state index in [1.54, 1.807) is 49.4 Å². The number of sulfonamides is 1. The van der Waals surface area contributed by atoms with Crippen LogP contribution in [0.15, 0.2) is 71.6 Å². The van der Waals surface area contributed by atoms with E-state index in [-0.39, 0.29) is 29.0 Å². The summed E-state index contributed by atoms with van der Waals surface area (Å²) in [5.74, 6) is -0.735. The molecule has 0 aliphatic carbocycles. The van der Waals surface area contributed by atoms with E-state index in [4.69, 9.17) is 34.8 Å². The number of amides is 2. The van der Waals surface area contributed by atoms with E-state index in [0.717, 1.165) is 9.87 Å². The van der Waals surface area contributed by atoms with Gasteiger partial charge in [0.2, 0.25) is 11.8 Å². The van der Waals surface area contributed by atoms with Gasteiger partial charge in [-0.15, -0.1) is 0 Å². The predicted molar refractivity (Wildman–Crippen MR) is 161 cm³/mol. The molecule has 0 aromatic heterocycles. The topological polar surface area (TPSA) is 86.8 Å². The number of hydrogen-bond donors (Lipinski definition) is 1. The first kappa shape index (κ1) is 31.7. The van der Waals surface area contributed by atoms with Gasteiger partial charge in [-0.2, -0.15) is 0 Å². The van der Waals surface area contributed by atoms with E-state index in [2.05, 4.69) is 5.32 Å². The minimum atomic E-state index is -4.16. The van der Waals surface area contributed by atoms with Gasteiger partial charge < -0.3 is 10.2 Å². The van der Waals surface area contributed by atoms with Gasteiger partial charge in [-0.3, -0.25) is 13.9 Å². The van der Waals surface area contributed by atoms with Crippen LogP contribution in [-0.2, 0) is 26.2 Å². The molecule has 0 aliphatic rings. The number of benzene rings is 3. The molecule has 3 aromatic rings. The summed E-state index contributed by atoms with van der Waals surface area (Å²) >= 11 is 18.3. The fourth-order valence-electron chi connectivity index (χ4n) is 3.84. The van der Waals surface area contributed by atoms with Gasteiger partial charge in [-0.25, -0.2) is 8.42 Å². The monoisotopic (exact) mass is 623 g/mol. The lowest BCUT2D eigenvalue weighted by atomic mass is 10.1. The van der Waals surface area contributed by atoms with E-state index in [1.165, 1.54) is 29.2 Å². The van der Waals surface area contributed by atoms with Gasteiger partial charge in [-0.1, -0.05) is 72.4 Å². The first-order chi connectivity index (χ1) is 18.8. The van der Waals surface area contributed by atoms with Crippen molar-refractivity contribution >= 4 is 62.3 Å². The van der Waals surface area contributed by atoms with Crippen molar-refractivity contribution in [1.82, 2.24) is 10.2 Å². The third kappa shape index (κ3) is 8.13. The number of anilines is 1. The highest BCUT2D eigenvalue weighted by Gasteiger charge is 2.32. The summed E-state index contributed by atoms with van der Waals surface area (Å²) in [4.78, 5) is 28.3. The van der Waals surface area contributed by atoms with Crippen LogP contribution in [-0.4, -0.2) is 44.3 Å². The lowest BCUT2D eigenvalue weighted by Gasteiger charge is -2.32. The third-order valence-corrected chi connectivity index (χ3v) is 8.97. The second kappa shape index (κ2) is 13.7. The summed E-state index contributed by atoms with van der Waals surface area (Å²) in [7, 11) is -4.16. The van der Waals surface area contributed by atoms with Crippen LogP contribution in [0.25, 0.3) is 0 Å². The Bertz CT molecular complexity index is 1450. The molecule has 214 valence electrons. The van der Waals surface area contributed by atoms with Crippen LogP contribution in [0.4, 0.5) is 5.69 Å². The Balaban J connectivity index is 2.02. The highest BCUT2D eigenvalue weighted by molar-refractivity contribution is 7.92. The summed E-state index contributed by atoms with van der Waals surface area (Å²) in [6, 6.07) is 16.5. The molecule has 0 radical (unpaired) electrons. The van der Waals surface area contributed by atoms with Gasteiger partial charge in [-0.05, 0) is 73.9 Å². The van der Waals surface area contributed by atoms with Crippen LogP contribution in [0.1, 0.15) is 31.9 Å². The smallest absolute Gasteiger partial charge is 0.264 e. The van der Waals surface area contributed by atoms with E-state index >= 15 is 0 Å². The predicted octanol–water partition coefficient (Wildman–Crippen LogP) is 6.34. The Hall–Kier alpha value is -2.78. The molecule has 0 spiro atoms. The maximum absolute atomic E-state index is 13.9. The minimum absolute atomic E-state index is 0.00498. The maximum Gasteiger partial charge on any atom is 0.264 e. The Morgan fingerprint density at radius 2 is 1.50 bits per heavy atom. The van der Waals surface area contributed by atoms with Crippen molar-refractivity contribution in [2.75, 3.05) is 17.4 Å². The number of nitrogens with zero attached hydrogens (tertiary/aromatic N) is 2. The number of rotatable bonds is 11. The molecule has 3 rings (SSSR count). The molecule has 0 aliphatic heterocycles. The zero-order chi connectivity index (χ0) is 29.6. The molecule has 0 bridgehead atoms. The zero-order valence-corrected chi connectivity index (χ0v) is 25.8. The van der Waals surface area contributed by atoms with Gasteiger partial charge >= 0.3 is 0 Å². The fraction of sp³-hybridized carbons (Fsp3) is 0.310. The zero-order valence-electron chi connectivity index (χ0n) is 22.7. The lowest BCUT2D eigenvalue weighted by molar-refractivity contribution is -0.139. The van der Waals surface area contributed by atoms with Gasteiger partial charge in [0.1, 0.15) is 12.6 Å². The highest BCUT2D eigenvalue weighted by Crippen LogP contribution is 2.27. The molecule has 11 heteroatoms. The lowest BCUT2D eigenvalue weighted by Crippen LogP contribution is -2.51. The van der Waals surface area contributed by atoms with E-state index in [1.807, 2.05) is 20.8 Å². The number of aryl methyl sites for hydroxylation is 1. The SMILES string of the molecule is Cc1ccc(S(=O)(=O)N(CC(=O)N(Cc2ccc(Cl)c(Cl)c2)[C@H](C)C(=O)NCC(C)C)c2ccc(Cl)cc2)cc1. The van der Waals surface area contributed by atoms with Crippen LogP contribution in [0.3, 0.4) is 0 Å². The second-order valence-electron chi connectivity index (χ2n) is 9.89. The molecule has 1 atom stereocenters.